The van der Waals surface area contributed by atoms with Crippen LogP contribution in [0.2, 0.25) is 0 Å². The van der Waals surface area contributed by atoms with Crippen LogP contribution in [0.4, 0.5) is 27.8 Å². The number of benzene rings is 2. The Bertz CT molecular complexity index is 1340. The van der Waals surface area contributed by atoms with Crippen molar-refractivity contribution < 1.29 is 26.7 Å². The van der Waals surface area contributed by atoms with Gasteiger partial charge in [0.15, 0.2) is 11.6 Å². The van der Waals surface area contributed by atoms with Gasteiger partial charge in [0.2, 0.25) is 0 Å². The normalized spacial score (nSPS) is 10.9. The number of nitrogens with zero attached hydrogens (tertiary/aromatic N) is 3. The van der Waals surface area contributed by atoms with Gasteiger partial charge >= 0.3 is 0 Å². The van der Waals surface area contributed by atoms with Gasteiger partial charge in [-0.05, 0) is 43.3 Å². The summed E-state index contributed by atoms with van der Waals surface area (Å²) in [6, 6.07) is 7.11. The standard InChI is InChI=1S/C22H13F5N4O/c1-11-14(10-31(30-11)18-8-13(23)3-4-15(18)24)12-2-7-19(28-9-12)29-22(32)20-16(25)5-6-17(26)21(20)27/h2-10H,1H3,(H,28,29,32). The molecule has 0 radical (unpaired) electrons. The van der Waals surface area contributed by atoms with Gasteiger partial charge in [0.25, 0.3) is 5.91 Å². The van der Waals surface area contributed by atoms with Crippen molar-refractivity contribution in [2.75, 3.05) is 5.32 Å². The van der Waals surface area contributed by atoms with E-state index in [1.54, 1.807) is 6.92 Å². The molecule has 32 heavy (non-hydrogen) atoms. The van der Waals surface area contributed by atoms with Crippen LogP contribution >= 0.6 is 0 Å². The summed E-state index contributed by atoms with van der Waals surface area (Å²) in [5.41, 5.74) is 0.449. The Balaban J connectivity index is 1.59. The zero-order chi connectivity index (χ0) is 23.0. The molecule has 2 heterocycles. The fourth-order valence-corrected chi connectivity index (χ4v) is 3.07. The number of amides is 1. The van der Waals surface area contributed by atoms with Crippen molar-refractivity contribution in [3.8, 4) is 16.8 Å². The van der Waals surface area contributed by atoms with E-state index in [2.05, 4.69) is 15.4 Å². The van der Waals surface area contributed by atoms with Crippen LogP contribution in [0.15, 0.2) is 54.9 Å². The van der Waals surface area contributed by atoms with Crippen molar-refractivity contribution >= 4 is 11.7 Å². The molecule has 0 unspecified atom stereocenters. The molecular formula is C22H13F5N4O. The van der Waals surface area contributed by atoms with Crippen LogP contribution in [-0.4, -0.2) is 20.7 Å². The summed E-state index contributed by atoms with van der Waals surface area (Å²) in [5.74, 6) is -6.70. The Morgan fingerprint density at radius 2 is 1.66 bits per heavy atom. The molecule has 2 aromatic carbocycles. The fraction of sp³-hybridized carbons (Fsp3) is 0.0455. The average molecular weight is 444 g/mol. The molecule has 0 aliphatic rings. The largest absolute Gasteiger partial charge is 0.306 e. The van der Waals surface area contributed by atoms with E-state index in [4.69, 9.17) is 0 Å². The number of rotatable bonds is 4. The summed E-state index contributed by atoms with van der Waals surface area (Å²) in [7, 11) is 0. The summed E-state index contributed by atoms with van der Waals surface area (Å²) in [5, 5.41) is 6.39. The smallest absolute Gasteiger partial charge is 0.262 e. The molecule has 162 valence electrons. The Kier molecular flexibility index (Phi) is 5.43. The van der Waals surface area contributed by atoms with E-state index in [0.717, 1.165) is 18.2 Å². The first-order valence-electron chi connectivity index (χ1n) is 9.17. The summed E-state index contributed by atoms with van der Waals surface area (Å²) in [4.78, 5) is 16.2. The molecule has 2 aromatic heterocycles. The van der Waals surface area contributed by atoms with Gasteiger partial charge in [-0.1, -0.05) is 0 Å². The maximum atomic E-state index is 14.0. The molecule has 4 rings (SSSR count). The van der Waals surface area contributed by atoms with E-state index < -0.39 is 40.6 Å². The molecule has 0 saturated heterocycles. The molecule has 0 bridgehead atoms. The van der Waals surface area contributed by atoms with Crippen LogP contribution in [0.25, 0.3) is 16.8 Å². The maximum Gasteiger partial charge on any atom is 0.262 e. The predicted molar refractivity (Wildman–Crippen MR) is 106 cm³/mol. The Labute approximate surface area is 178 Å². The molecular weight excluding hydrogens is 431 g/mol. The minimum atomic E-state index is -1.60. The topological polar surface area (TPSA) is 59.8 Å². The van der Waals surface area contributed by atoms with E-state index in [-0.39, 0.29) is 11.5 Å². The zero-order valence-electron chi connectivity index (χ0n) is 16.3. The van der Waals surface area contributed by atoms with Gasteiger partial charge in [0.05, 0.1) is 5.69 Å². The highest BCUT2D eigenvalue weighted by Crippen LogP contribution is 2.26. The van der Waals surface area contributed by atoms with Crippen LogP contribution in [0.1, 0.15) is 16.1 Å². The van der Waals surface area contributed by atoms with Crippen molar-refractivity contribution in [1.82, 2.24) is 14.8 Å². The number of carbonyl (C=O) groups excluding carboxylic acids is 1. The molecule has 0 atom stereocenters. The molecule has 0 fully saturated rings. The number of carbonyl (C=O) groups is 1. The molecule has 5 nitrogen and oxygen atoms in total. The van der Waals surface area contributed by atoms with Crippen molar-refractivity contribution in [3.05, 3.63) is 95.2 Å². The van der Waals surface area contributed by atoms with E-state index >= 15 is 0 Å². The Morgan fingerprint density at radius 3 is 2.38 bits per heavy atom. The van der Waals surface area contributed by atoms with Crippen LogP contribution in [0, 0.1) is 36.0 Å². The lowest BCUT2D eigenvalue weighted by atomic mass is 10.1. The number of hydrogen-bond donors (Lipinski definition) is 1. The lowest BCUT2D eigenvalue weighted by Crippen LogP contribution is -2.17. The van der Waals surface area contributed by atoms with Gasteiger partial charge in [-0.15, -0.1) is 0 Å². The van der Waals surface area contributed by atoms with Gasteiger partial charge < -0.3 is 5.32 Å². The molecule has 1 N–H and O–H groups in total. The van der Waals surface area contributed by atoms with Crippen molar-refractivity contribution in [2.24, 2.45) is 0 Å². The van der Waals surface area contributed by atoms with E-state index in [0.29, 0.717) is 29.0 Å². The lowest BCUT2D eigenvalue weighted by molar-refractivity contribution is 0.101. The first-order valence-corrected chi connectivity index (χ1v) is 9.17. The Morgan fingerprint density at radius 1 is 0.938 bits per heavy atom. The second kappa shape index (κ2) is 8.22. The SMILES string of the molecule is Cc1nn(-c2cc(F)ccc2F)cc1-c1ccc(NC(=O)c2c(F)ccc(F)c2F)nc1. The summed E-state index contributed by atoms with van der Waals surface area (Å²) in [6.45, 7) is 1.66. The first kappa shape index (κ1) is 21.2. The van der Waals surface area contributed by atoms with Gasteiger partial charge in [-0.25, -0.2) is 31.6 Å². The number of halogens is 5. The highest BCUT2D eigenvalue weighted by Gasteiger charge is 2.21. The van der Waals surface area contributed by atoms with Gasteiger partial charge in [-0.3, -0.25) is 4.79 Å². The second-order valence-electron chi connectivity index (χ2n) is 6.77. The van der Waals surface area contributed by atoms with Crippen molar-refractivity contribution in [3.63, 3.8) is 0 Å². The number of aromatic nitrogens is 3. The molecule has 0 aliphatic heterocycles. The highest BCUT2D eigenvalue weighted by molar-refractivity contribution is 6.04. The number of anilines is 1. The van der Waals surface area contributed by atoms with E-state index in [1.165, 1.54) is 29.2 Å². The van der Waals surface area contributed by atoms with Crippen LogP contribution in [0.5, 0.6) is 0 Å². The van der Waals surface area contributed by atoms with E-state index in [1.807, 2.05) is 0 Å². The van der Waals surface area contributed by atoms with Crippen molar-refractivity contribution in [1.29, 1.82) is 0 Å². The third kappa shape index (κ3) is 3.94. The molecule has 0 spiro atoms. The Hall–Kier alpha value is -4.08. The fourth-order valence-electron chi connectivity index (χ4n) is 3.07. The molecule has 4 aromatic rings. The van der Waals surface area contributed by atoms with Crippen LogP contribution in [-0.2, 0) is 0 Å². The maximum absolute atomic E-state index is 14.0. The molecule has 10 heteroatoms. The number of hydrogen-bond acceptors (Lipinski definition) is 3. The summed E-state index contributed by atoms with van der Waals surface area (Å²) < 4.78 is 69.6. The number of aryl methyl sites for hydroxylation is 1. The minimum Gasteiger partial charge on any atom is -0.306 e. The highest BCUT2D eigenvalue weighted by atomic mass is 19.2. The summed E-state index contributed by atoms with van der Waals surface area (Å²) in [6.07, 6.45) is 2.84. The summed E-state index contributed by atoms with van der Waals surface area (Å²) >= 11 is 0. The third-order valence-corrected chi connectivity index (χ3v) is 4.64. The quantitative estimate of drug-likeness (QED) is 0.348. The van der Waals surface area contributed by atoms with E-state index in [9.17, 15) is 26.7 Å². The average Bonchev–Trinajstić information content (AvgIpc) is 3.14. The first-order chi connectivity index (χ1) is 15.2. The molecule has 1 amide bonds. The number of pyridine rings is 1. The van der Waals surface area contributed by atoms with Crippen LogP contribution < -0.4 is 5.32 Å². The lowest BCUT2D eigenvalue weighted by Gasteiger charge is -2.07. The predicted octanol–water partition coefficient (Wildman–Crippen LogP) is 5.19. The minimum absolute atomic E-state index is 0.0389. The van der Waals surface area contributed by atoms with Crippen molar-refractivity contribution in [2.45, 2.75) is 6.92 Å². The van der Waals surface area contributed by atoms with Gasteiger partial charge in [0, 0.05) is 29.6 Å². The monoisotopic (exact) mass is 444 g/mol. The zero-order valence-corrected chi connectivity index (χ0v) is 16.3. The second-order valence-corrected chi connectivity index (χ2v) is 6.77. The van der Waals surface area contributed by atoms with Gasteiger partial charge in [0.1, 0.15) is 34.5 Å². The molecule has 0 aliphatic carbocycles. The van der Waals surface area contributed by atoms with Gasteiger partial charge in [-0.2, -0.15) is 5.10 Å². The van der Waals surface area contributed by atoms with Crippen LogP contribution in [0.3, 0.4) is 0 Å². The third-order valence-electron chi connectivity index (χ3n) is 4.64. The molecule has 0 saturated carbocycles. The number of nitrogens with one attached hydrogen (secondary N) is 1.